The molecule has 0 spiro atoms. The van der Waals surface area contributed by atoms with E-state index in [0.29, 0.717) is 19.8 Å². The van der Waals surface area contributed by atoms with E-state index in [1.165, 1.54) is 5.56 Å². The summed E-state index contributed by atoms with van der Waals surface area (Å²) in [6.07, 6.45) is 0. The average Bonchev–Trinajstić information content (AvgIpc) is 2.53. The summed E-state index contributed by atoms with van der Waals surface area (Å²) in [7, 11) is 0. The summed E-state index contributed by atoms with van der Waals surface area (Å²) in [6, 6.07) is 15.9. The minimum Gasteiger partial charge on any atom is -0.490 e. The highest BCUT2D eigenvalue weighted by Crippen LogP contribution is 2.31. The molecule has 0 aliphatic carbocycles. The molecule has 0 aliphatic rings. The molecular formula is C20H26O3. The molecule has 0 N–H and O–H groups in total. The summed E-state index contributed by atoms with van der Waals surface area (Å²) in [6.45, 7) is 10.1. The summed E-state index contributed by atoms with van der Waals surface area (Å²) in [5.74, 6) is 2.44. The SMILES string of the molecule is CCOc1ccccc1OCCOc1ccccc1C(C)(C)C. The number of ether oxygens (including phenoxy) is 3. The minimum absolute atomic E-state index is 0.0546. The molecule has 0 amide bonds. The van der Waals surface area contributed by atoms with E-state index >= 15 is 0 Å². The highest BCUT2D eigenvalue weighted by atomic mass is 16.5. The zero-order valence-electron chi connectivity index (χ0n) is 14.5. The maximum Gasteiger partial charge on any atom is 0.161 e. The monoisotopic (exact) mass is 314 g/mol. The maximum atomic E-state index is 5.92. The highest BCUT2D eigenvalue weighted by molar-refractivity contribution is 5.40. The Labute approximate surface area is 139 Å². The van der Waals surface area contributed by atoms with Crippen LogP contribution in [0.25, 0.3) is 0 Å². The average molecular weight is 314 g/mol. The number of hydrogen-bond donors (Lipinski definition) is 0. The molecule has 2 rings (SSSR count). The first-order valence-electron chi connectivity index (χ1n) is 8.09. The molecule has 0 unspecified atom stereocenters. The fraction of sp³-hybridized carbons (Fsp3) is 0.400. The van der Waals surface area contributed by atoms with Gasteiger partial charge in [0.2, 0.25) is 0 Å². The third kappa shape index (κ3) is 4.92. The van der Waals surface area contributed by atoms with E-state index in [1.807, 2.05) is 49.4 Å². The Kier molecular flexibility index (Phi) is 5.91. The Morgan fingerprint density at radius 3 is 1.74 bits per heavy atom. The molecule has 0 bridgehead atoms. The van der Waals surface area contributed by atoms with Crippen molar-refractivity contribution in [3.63, 3.8) is 0 Å². The van der Waals surface area contributed by atoms with Crippen LogP contribution in [0.5, 0.6) is 17.2 Å². The minimum atomic E-state index is 0.0546. The van der Waals surface area contributed by atoms with Crippen LogP contribution in [0, 0.1) is 0 Å². The van der Waals surface area contributed by atoms with Crippen molar-refractivity contribution in [2.24, 2.45) is 0 Å². The summed E-state index contributed by atoms with van der Waals surface area (Å²) < 4.78 is 17.3. The molecule has 3 nitrogen and oxygen atoms in total. The quantitative estimate of drug-likeness (QED) is 0.684. The Morgan fingerprint density at radius 2 is 1.17 bits per heavy atom. The lowest BCUT2D eigenvalue weighted by Gasteiger charge is -2.22. The van der Waals surface area contributed by atoms with Crippen LogP contribution in [-0.2, 0) is 5.41 Å². The second-order valence-electron chi connectivity index (χ2n) is 6.32. The lowest BCUT2D eigenvalue weighted by Crippen LogP contribution is -2.16. The van der Waals surface area contributed by atoms with Crippen molar-refractivity contribution >= 4 is 0 Å². The third-order valence-electron chi connectivity index (χ3n) is 3.44. The van der Waals surface area contributed by atoms with Crippen LogP contribution in [0.15, 0.2) is 48.5 Å². The molecule has 0 radical (unpaired) electrons. The van der Waals surface area contributed by atoms with Crippen molar-refractivity contribution in [1.82, 2.24) is 0 Å². The molecule has 0 fully saturated rings. The molecule has 0 aliphatic heterocycles. The van der Waals surface area contributed by atoms with Gasteiger partial charge in [0.1, 0.15) is 19.0 Å². The number of para-hydroxylation sites is 3. The van der Waals surface area contributed by atoms with Gasteiger partial charge in [-0.2, -0.15) is 0 Å². The first kappa shape index (κ1) is 17.2. The summed E-state index contributed by atoms with van der Waals surface area (Å²) in [4.78, 5) is 0. The van der Waals surface area contributed by atoms with E-state index in [2.05, 4.69) is 26.8 Å². The standard InChI is InChI=1S/C20H26O3/c1-5-21-18-12-8-9-13-19(18)23-15-14-22-17-11-7-6-10-16(17)20(2,3)4/h6-13H,5,14-15H2,1-4H3. The summed E-state index contributed by atoms with van der Waals surface area (Å²) in [5, 5.41) is 0. The molecule has 0 atom stereocenters. The van der Waals surface area contributed by atoms with Gasteiger partial charge in [-0.05, 0) is 36.1 Å². The van der Waals surface area contributed by atoms with Gasteiger partial charge in [0, 0.05) is 0 Å². The molecule has 0 saturated heterocycles. The van der Waals surface area contributed by atoms with Gasteiger partial charge in [-0.3, -0.25) is 0 Å². The number of rotatable bonds is 7. The van der Waals surface area contributed by atoms with E-state index < -0.39 is 0 Å². The van der Waals surface area contributed by atoms with Crippen LogP contribution >= 0.6 is 0 Å². The molecule has 0 heterocycles. The highest BCUT2D eigenvalue weighted by Gasteiger charge is 2.18. The van der Waals surface area contributed by atoms with Crippen molar-refractivity contribution in [2.75, 3.05) is 19.8 Å². The first-order chi connectivity index (χ1) is 11.0. The van der Waals surface area contributed by atoms with E-state index in [4.69, 9.17) is 14.2 Å². The van der Waals surface area contributed by atoms with Crippen molar-refractivity contribution < 1.29 is 14.2 Å². The van der Waals surface area contributed by atoms with E-state index in [9.17, 15) is 0 Å². The van der Waals surface area contributed by atoms with Gasteiger partial charge in [0.05, 0.1) is 6.61 Å². The van der Waals surface area contributed by atoms with E-state index in [-0.39, 0.29) is 5.41 Å². The predicted octanol–water partition coefficient (Wildman–Crippen LogP) is 4.84. The van der Waals surface area contributed by atoms with Gasteiger partial charge >= 0.3 is 0 Å². The second kappa shape index (κ2) is 7.91. The Morgan fingerprint density at radius 1 is 0.696 bits per heavy atom. The van der Waals surface area contributed by atoms with Crippen molar-refractivity contribution in [3.8, 4) is 17.2 Å². The van der Waals surface area contributed by atoms with Gasteiger partial charge in [0.25, 0.3) is 0 Å². The fourth-order valence-corrected chi connectivity index (χ4v) is 2.36. The number of hydrogen-bond acceptors (Lipinski definition) is 3. The molecule has 3 heteroatoms. The van der Waals surface area contributed by atoms with Crippen LogP contribution < -0.4 is 14.2 Å². The lowest BCUT2D eigenvalue weighted by atomic mass is 9.86. The predicted molar refractivity (Wildman–Crippen MR) is 93.7 cm³/mol. The first-order valence-corrected chi connectivity index (χ1v) is 8.09. The molecular weight excluding hydrogens is 288 g/mol. The largest absolute Gasteiger partial charge is 0.490 e. The van der Waals surface area contributed by atoms with Gasteiger partial charge < -0.3 is 14.2 Å². The van der Waals surface area contributed by atoms with Gasteiger partial charge in [0.15, 0.2) is 11.5 Å². The summed E-state index contributed by atoms with van der Waals surface area (Å²) in [5.41, 5.74) is 1.26. The van der Waals surface area contributed by atoms with E-state index in [1.54, 1.807) is 0 Å². The van der Waals surface area contributed by atoms with Crippen LogP contribution in [0.3, 0.4) is 0 Å². The van der Waals surface area contributed by atoms with Crippen LogP contribution in [0.2, 0.25) is 0 Å². The maximum absolute atomic E-state index is 5.92. The van der Waals surface area contributed by atoms with Crippen molar-refractivity contribution in [1.29, 1.82) is 0 Å². The van der Waals surface area contributed by atoms with Gasteiger partial charge in [-0.15, -0.1) is 0 Å². The van der Waals surface area contributed by atoms with Gasteiger partial charge in [-0.25, -0.2) is 0 Å². The van der Waals surface area contributed by atoms with Crippen LogP contribution in [0.1, 0.15) is 33.3 Å². The topological polar surface area (TPSA) is 27.7 Å². The molecule has 23 heavy (non-hydrogen) atoms. The van der Waals surface area contributed by atoms with E-state index in [0.717, 1.165) is 17.2 Å². The number of benzene rings is 2. The molecule has 2 aromatic carbocycles. The second-order valence-corrected chi connectivity index (χ2v) is 6.32. The Balaban J connectivity index is 1.92. The molecule has 124 valence electrons. The molecule has 0 aromatic heterocycles. The zero-order chi connectivity index (χ0) is 16.7. The lowest BCUT2D eigenvalue weighted by molar-refractivity contribution is 0.206. The Hall–Kier alpha value is -2.16. The normalized spacial score (nSPS) is 11.1. The van der Waals surface area contributed by atoms with Crippen LogP contribution in [0.4, 0.5) is 0 Å². The third-order valence-corrected chi connectivity index (χ3v) is 3.44. The zero-order valence-corrected chi connectivity index (χ0v) is 14.5. The van der Waals surface area contributed by atoms with Gasteiger partial charge in [-0.1, -0.05) is 51.1 Å². The summed E-state index contributed by atoms with van der Waals surface area (Å²) >= 11 is 0. The molecule has 2 aromatic rings. The fourth-order valence-electron chi connectivity index (χ4n) is 2.36. The smallest absolute Gasteiger partial charge is 0.161 e. The Bertz CT molecular complexity index is 614. The van der Waals surface area contributed by atoms with Crippen molar-refractivity contribution in [3.05, 3.63) is 54.1 Å². The van der Waals surface area contributed by atoms with Crippen LogP contribution in [-0.4, -0.2) is 19.8 Å². The molecule has 0 saturated carbocycles. The van der Waals surface area contributed by atoms with Crippen molar-refractivity contribution in [2.45, 2.75) is 33.1 Å².